The molecule has 0 aromatic heterocycles. The zero-order chi connectivity index (χ0) is 12.5. The summed E-state index contributed by atoms with van der Waals surface area (Å²) in [6, 6.07) is 0. The molecule has 0 aromatic rings. The van der Waals surface area contributed by atoms with Crippen molar-refractivity contribution >= 4 is 43.4 Å². The van der Waals surface area contributed by atoms with Gasteiger partial charge in [-0.3, -0.25) is 0 Å². The van der Waals surface area contributed by atoms with Crippen LogP contribution in [0.5, 0.6) is 0 Å². The molecule has 102 valence electrons. The van der Waals surface area contributed by atoms with Crippen molar-refractivity contribution in [1.82, 2.24) is 0 Å². The summed E-state index contributed by atoms with van der Waals surface area (Å²) in [6.45, 7) is 0.809. The lowest BCUT2D eigenvalue weighted by atomic mass is 9.97. The molecule has 0 aromatic carbocycles. The first-order chi connectivity index (χ1) is 8.48. The molecule has 0 radical (unpaired) electrons. The third-order valence-corrected chi connectivity index (χ3v) is 4.88. The number of halogens is 3. The molecule has 0 unspecified atom stereocenters. The summed E-state index contributed by atoms with van der Waals surface area (Å²) in [7, 11) is -1.32. The number of hydrogen-bond donors (Lipinski definition) is 0. The van der Waals surface area contributed by atoms with Crippen molar-refractivity contribution in [3.63, 3.8) is 0 Å². The number of ether oxygens (including phenoxy) is 3. The lowest BCUT2D eigenvalue weighted by molar-refractivity contribution is -0.242. The lowest BCUT2D eigenvalue weighted by Crippen LogP contribution is -2.57. The van der Waals surface area contributed by atoms with Crippen LogP contribution in [-0.2, 0) is 27.8 Å². The Hall–Kier alpha value is 1.06. The summed E-state index contributed by atoms with van der Waals surface area (Å²) in [5, 5.41) is 0. The normalized spacial score (nSPS) is 54.5. The van der Waals surface area contributed by atoms with Crippen molar-refractivity contribution < 1.29 is 27.8 Å². The molecule has 5 saturated heterocycles. The van der Waals surface area contributed by atoms with E-state index in [2.05, 4.69) is 0 Å². The first-order valence-corrected chi connectivity index (χ1v) is 7.49. The van der Waals surface area contributed by atoms with Gasteiger partial charge in [0.2, 0.25) is 10.1 Å². The van der Waals surface area contributed by atoms with Crippen molar-refractivity contribution in [1.29, 1.82) is 0 Å². The van der Waals surface area contributed by atoms with Crippen LogP contribution in [0.3, 0.4) is 0 Å². The van der Waals surface area contributed by atoms with Crippen LogP contribution >= 0.6 is 43.4 Å². The van der Waals surface area contributed by atoms with E-state index < -0.39 is 36.7 Å². The maximum Gasteiger partial charge on any atom is 0.333 e. The second-order valence-electron chi connectivity index (χ2n) is 4.46. The van der Waals surface area contributed by atoms with Crippen LogP contribution in [0.4, 0.5) is 0 Å². The summed E-state index contributed by atoms with van der Waals surface area (Å²) in [5.74, 6) is 0. The minimum atomic E-state index is -1.66. The highest BCUT2D eigenvalue weighted by molar-refractivity contribution is 7.41. The molecule has 5 aliphatic heterocycles. The SMILES string of the molecule is ClC(Cl)(Cl)[C@@H]1O[C@@H]2OC34COP(OC3)O[C@H]4[C@@H]2O1. The molecule has 5 aliphatic rings. The topological polar surface area (TPSA) is 55.4 Å². The largest absolute Gasteiger partial charge is 0.337 e. The maximum atomic E-state index is 5.80. The van der Waals surface area contributed by atoms with Gasteiger partial charge in [-0.1, -0.05) is 34.8 Å². The molecule has 2 bridgehead atoms. The Balaban J connectivity index is 1.58. The molecule has 5 heterocycles. The molecule has 4 atom stereocenters. The fourth-order valence-corrected chi connectivity index (χ4v) is 4.09. The summed E-state index contributed by atoms with van der Waals surface area (Å²) in [6.07, 6.45) is -2.33. The lowest BCUT2D eigenvalue weighted by Gasteiger charge is -2.45. The maximum absolute atomic E-state index is 5.80. The molecule has 5 rings (SSSR count). The number of rotatable bonds is 0. The summed E-state index contributed by atoms with van der Waals surface area (Å²) >= 11 is 17.2. The average Bonchev–Trinajstić information content (AvgIpc) is 2.83. The second-order valence-corrected chi connectivity index (χ2v) is 8.00. The first-order valence-electron chi connectivity index (χ1n) is 5.26. The van der Waals surface area contributed by atoms with E-state index in [4.69, 9.17) is 62.6 Å². The molecule has 0 saturated carbocycles. The highest BCUT2D eigenvalue weighted by Crippen LogP contribution is 2.59. The van der Waals surface area contributed by atoms with Crippen LogP contribution in [0.1, 0.15) is 0 Å². The van der Waals surface area contributed by atoms with E-state index in [1.807, 2.05) is 0 Å². The van der Waals surface area contributed by atoms with Gasteiger partial charge in [0.25, 0.3) is 0 Å². The van der Waals surface area contributed by atoms with Crippen molar-refractivity contribution in [2.75, 3.05) is 13.2 Å². The van der Waals surface area contributed by atoms with E-state index in [0.29, 0.717) is 13.2 Å². The van der Waals surface area contributed by atoms with Gasteiger partial charge in [0.05, 0.1) is 13.2 Å². The minimum Gasteiger partial charge on any atom is -0.337 e. The van der Waals surface area contributed by atoms with Crippen molar-refractivity contribution in [2.45, 2.75) is 34.2 Å². The Morgan fingerprint density at radius 1 is 1.11 bits per heavy atom. The fraction of sp³-hybridized carbons (Fsp3) is 1.00. The molecular formula is C8H8Cl3O6P. The molecule has 5 fully saturated rings. The van der Waals surface area contributed by atoms with E-state index in [0.717, 1.165) is 0 Å². The average molecular weight is 337 g/mol. The van der Waals surface area contributed by atoms with Crippen LogP contribution < -0.4 is 0 Å². The second kappa shape index (κ2) is 4.04. The van der Waals surface area contributed by atoms with Crippen molar-refractivity contribution in [2.24, 2.45) is 0 Å². The van der Waals surface area contributed by atoms with Crippen LogP contribution in [-0.4, -0.2) is 47.4 Å². The predicted molar refractivity (Wildman–Crippen MR) is 61.3 cm³/mol. The predicted octanol–water partition coefficient (Wildman–Crippen LogP) is 1.87. The molecule has 0 amide bonds. The minimum absolute atomic E-state index is 0.312. The zero-order valence-corrected chi connectivity index (χ0v) is 11.9. The Kier molecular flexibility index (Phi) is 2.87. The Labute approximate surface area is 119 Å². The van der Waals surface area contributed by atoms with Gasteiger partial charge < -0.3 is 27.8 Å². The Morgan fingerprint density at radius 2 is 1.83 bits per heavy atom. The monoisotopic (exact) mass is 336 g/mol. The molecule has 0 N–H and O–H groups in total. The van der Waals surface area contributed by atoms with E-state index >= 15 is 0 Å². The van der Waals surface area contributed by atoms with Crippen LogP contribution in [0.25, 0.3) is 0 Å². The van der Waals surface area contributed by atoms with Gasteiger partial charge in [0, 0.05) is 0 Å². The summed E-state index contributed by atoms with van der Waals surface area (Å²) < 4.78 is 31.5. The summed E-state index contributed by atoms with van der Waals surface area (Å²) in [4.78, 5) is 0. The molecule has 10 heteroatoms. The van der Waals surface area contributed by atoms with Gasteiger partial charge >= 0.3 is 8.60 Å². The van der Waals surface area contributed by atoms with E-state index in [9.17, 15) is 0 Å². The third kappa shape index (κ3) is 1.76. The molecule has 18 heavy (non-hydrogen) atoms. The van der Waals surface area contributed by atoms with E-state index in [1.165, 1.54) is 0 Å². The van der Waals surface area contributed by atoms with Gasteiger partial charge in [-0.05, 0) is 0 Å². The van der Waals surface area contributed by atoms with E-state index in [1.54, 1.807) is 0 Å². The quantitative estimate of drug-likeness (QED) is 0.497. The third-order valence-electron chi connectivity index (χ3n) is 3.27. The van der Waals surface area contributed by atoms with Crippen LogP contribution in [0.2, 0.25) is 0 Å². The first kappa shape index (κ1) is 12.8. The van der Waals surface area contributed by atoms with Crippen molar-refractivity contribution in [3.8, 4) is 0 Å². The molecular weight excluding hydrogens is 329 g/mol. The van der Waals surface area contributed by atoms with Crippen molar-refractivity contribution in [3.05, 3.63) is 0 Å². The highest BCUT2D eigenvalue weighted by atomic mass is 35.6. The number of fused-ring (bicyclic) bond motifs is 3. The van der Waals surface area contributed by atoms with Crippen LogP contribution in [0, 0.1) is 0 Å². The number of alkyl halides is 3. The highest BCUT2D eigenvalue weighted by Gasteiger charge is 2.68. The van der Waals surface area contributed by atoms with Gasteiger partial charge in [0.15, 0.2) is 6.29 Å². The van der Waals surface area contributed by atoms with Gasteiger partial charge in [-0.2, -0.15) is 0 Å². The molecule has 6 nitrogen and oxygen atoms in total. The standard InChI is InChI=1S/C8H8Cl3O6P/c9-8(10,11)6-14-3-4-7(16-5(3)15-6)1-12-18(17-4)13-2-7/h3-6H,1-2H2/t3-,4-,5+,6-,7?,18?/m0/s1. The Bertz CT molecular complexity index is 370. The number of hydrogen-bond acceptors (Lipinski definition) is 6. The van der Waals surface area contributed by atoms with Crippen LogP contribution in [0.15, 0.2) is 0 Å². The Morgan fingerprint density at radius 3 is 2.50 bits per heavy atom. The van der Waals surface area contributed by atoms with Gasteiger partial charge in [-0.15, -0.1) is 0 Å². The smallest absolute Gasteiger partial charge is 0.333 e. The summed E-state index contributed by atoms with van der Waals surface area (Å²) in [5.41, 5.74) is -0.676. The van der Waals surface area contributed by atoms with E-state index in [-0.39, 0.29) is 6.10 Å². The fourth-order valence-electron chi connectivity index (χ4n) is 2.44. The molecule has 1 spiro atoms. The van der Waals surface area contributed by atoms with Gasteiger partial charge in [-0.25, -0.2) is 0 Å². The molecule has 0 aliphatic carbocycles. The van der Waals surface area contributed by atoms with Gasteiger partial charge in [0.1, 0.15) is 17.8 Å². The zero-order valence-electron chi connectivity index (χ0n) is 8.75.